The lowest BCUT2D eigenvalue weighted by molar-refractivity contribution is -0.122. The molecule has 1 amide bonds. The Bertz CT molecular complexity index is 150. The zero-order valence-electron chi connectivity index (χ0n) is 5.92. The minimum Gasteiger partial charge on any atom is -0.342 e. The standard InChI is InChI=1S/C6H11N3O/c1-2-5(8)6(10)9-4-3-7/h5H,2,4,8H2,1H3,(H,9,10)/t5-/m0/s1. The maximum Gasteiger partial charge on any atom is 0.237 e. The highest BCUT2D eigenvalue weighted by Gasteiger charge is 2.08. The molecule has 56 valence electrons. The van der Waals surface area contributed by atoms with E-state index in [1.165, 1.54) is 0 Å². The van der Waals surface area contributed by atoms with Gasteiger partial charge >= 0.3 is 0 Å². The molecule has 0 aliphatic heterocycles. The second kappa shape index (κ2) is 4.77. The van der Waals surface area contributed by atoms with E-state index in [4.69, 9.17) is 11.0 Å². The van der Waals surface area contributed by atoms with Gasteiger partial charge in [0.05, 0.1) is 12.1 Å². The average molecular weight is 141 g/mol. The van der Waals surface area contributed by atoms with Gasteiger partial charge in [-0.15, -0.1) is 0 Å². The Hall–Kier alpha value is -1.08. The van der Waals surface area contributed by atoms with Gasteiger partial charge in [0, 0.05) is 0 Å². The number of rotatable bonds is 3. The molecule has 1 atom stereocenters. The van der Waals surface area contributed by atoms with Gasteiger partial charge in [-0.3, -0.25) is 4.79 Å². The normalized spacial score (nSPS) is 11.7. The van der Waals surface area contributed by atoms with E-state index in [0.29, 0.717) is 6.42 Å². The van der Waals surface area contributed by atoms with Crippen LogP contribution >= 0.6 is 0 Å². The van der Waals surface area contributed by atoms with Gasteiger partial charge in [0.1, 0.15) is 6.54 Å². The third-order valence-electron chi connectivity index (χ3n) is 1.12. The van der Waals surface area contributed by atoms with Crippen molar-refractivity contribution in [1.29, 1.82) is 5.26 Å². The van der Waals surface area contributed by atoms with E-state index < -0.39 is 6.04 Å². The molecule has 0 aliphatic carbocycles. The number of carbonyl (C=O) groups is 1. The summed E-state index contributed by atoms with van der Waals surface area (Å²) >= 11 is 0. The zero-order valence-corrected chi connectivity index (χ0v) is 5.92. The number of nitrogens with two attached hydrogens (primary N) is 1. The van der Waals surface area contributed by atoms with E-state index in [0.717, 1.165) is 0 Å². The van der Waals surface area contributed by atoms with Crippen LogP contribution in [0.4, 0.5) is 0 Å². The number of hydrogen-bond donors (Lipinski definition) is 2. The molecule has 0 bridgehead atoms. The molecular formula is C6H11N3O. The SMILES string of the molecule is CC[C@H](N)C(=O)NCC#N. The Labute approximate surface area is 60.0 Å². The van der Waals surface area contributed by atoms with Gasteiger partial charge in [0.25, 0.3) is 0 Å². The zero-order chi connectivity index (χ0) is 7.98. The van der Waals surface area contributed by atoms with Crippen LogP contribution in [-0.2, 0) is 4.79 Å². The molecule has 4 heteroatoms. The molecule has 0 spiro atoms. The number of nitrogens with one attached hydrogen (secondary N) is 1. The van der Waals surface area contributed by atoms with Crippen molar-refractivity contribution in [3.05, 3.63) is 0 Å². The van der Waals surface area contributed by atoms with Gasteiger partial charge in [-0.1, -0.05) is 6.92 Å². The van der Waals surface area contributed by atoms with E-state index in [1.807, 2.05) is 6.92 Å². The van der Waals surface area contributed by atoms with Crippen LogP contribution in [0, 0.1) is 11.3 Å². The third-order valence-corrected chi connectivity index (χ3v) is 1.12. The van der Waals surface area contributed by atoms with Gasteiger partial charge in [-0.05, 0) is 6.42 Å². The second-order valence-corrected chi connectivity index (χ2v) is 1.89. The summed E-state index contributed by atoms with van der Waals surface area (Å²) in [5.74, 6) is -0.260. The van der Waals surface area contributed by atoms with Crippen LogP contribution in [0.3, 0.4) is 0 Å². The predicted octanol–water partition coefficient (Wildman–Crippen LogP) is -0.637. The molecular weight excluding hydrogens is 130 g/mol. The van der Waals surface area contributed by atoms with Gasteiger partial charge < -0.3 is 11.1 Å². The Morgan fingerprint density at radius 2 is 2.50 bits per heavy atom. The summed E-state index contributed by atoms with van der Waals surface area (Å²) in [6.45, 7) is 1.85. The summed E-state index contributed by atoms with van der Waals surface area (Å²) in [5, 5.41) is 10.4. The highest BCUT2D eigenvalue weighted by atomic mass is 16.2. The molecule has 0 aromatic heterocycles. The molecule has 0 aromatic carbocycles. The van der Waals surface area contributed by atoms with Crippen LogP contribution in [0.1, 0.15) is 13.3 Å². The van der Waals surface area contributed by atoms with Crippen molar-refractivity contribution in [2.45, 2.75) is 19.4 Å². The first-order valence-corrected chi connectivity index (χ1v) is 3.12. The number of nitriles is 1. The summed E-state index contributed by atoms with van der Waals surface area (Å²) in [4.78, 5) is 10.7. The third kappa shape index (κ3) is 3.05. The number of hydrogen-bond acceptors (Lipinski definition) is 3. The molecule has 0 heterocycles. The summed E-state index contributed by atoms with van der Waals surface area (Å²) in [6, 6.07) is 1.31. The van der Waals surface area contributed by atoms with Gasteiger partial charge in [-0.25, -0.2) is 0 Å². The predicted molar refractivity (Wildman–Crippen MR) is 36.9 cm³/mol. The average Bonchev–Trinajstić information content (AvgIpc) is 1.98. The van der Waals surface area contributed by atoms with E-state index in [-0.39, 0.29) is 12.5 Å². The van der Waals surface area contributed by atoms with Gasteiger partial charge in [0.15, 0.2) is 0 Å². The maximum absolute atomic E-state index is 10.7. The number of carbonyl (C=O) groups excluding carboxylic acids is 1. The van der Waals surface area contributed by atoms with Crippen LogP contribution in [0.25, 0.3) is 0 Å². The van der Waals surface area contributed by atoms with Gasteiger partial charge in [0.2, 0.25) is 5.91 Å². The quantitative estimate of drug-likeness (QED) is 0.513. The van der Waals surface area contributed by atoms with Crippen LogP contribution < -0.4 is 11.1 Å². The smallest absolute Gasteiger partial charge is 0.237 e. The fourth-order valence-electron chi connectivity index (χ4n) is 0.443. The van der Waals surface area contributed by atoms with Crippen LogP contribution in [0.2, 0.25) is 0 Å². The summed E-state index contributed by atoms with van der Waals surface area (Å²) in [5.41, 5.74) is 5.34. The monoisotopic (exact) mass is 141 g/mol. The van der Waals surface area contributed by atoms with E-state index in [9.17, 15) is 4.79 Å². The van der Waals surface area contributed by atoms with E-state index in [1.54, 1.807) is 6.07 Å². The first kappa shape index (κ1) is 8.92. The van der Waals surface area contributed by atoms with E-state index >= 15 is 0 Å². The second-order valence-electron chi connectivity index (χ2n) is 1.89. The van der Waals surface area contributed by atoms with Crippen molar-refractivity contribution in [2.24, 2.45) is 5.73 Å². The first-order valence-electron chi connectivity index (χ1n) is 3.12. The highest BCUT2D eigenvalue weighted by molar-refractivity contribution is 5.81. The molecule has 0 saturated heterocycles. The number of nitrogens with zero attached hydrogens (tertiary/aromatic N) is 1. The molecule has 0 aromatic rings. The maximum atomic E-state index is 10.7. The van der Waals surface area contributed by atoms with Crippen molar-refractivity contribution < 1.29 is 4.79 Å². The van der Waals surface area contributed by atoms with Crippen molar-refractivity contribution in [2.75, 3.05) is 6.54 Å². The summed E-state index contributed by atoms with van der Waals surface area (Å²) in [6.07, 6.45) is 0.595. The Morgan fingerprint density at radius 3 is 2.90 bits per heavy atom. The van der Waals surface area contributed by atoms with Crippen molar-refractivity contribution in [3.8, 4) is 6.07 Å². The lowest BCUT2D eigenvalue weighted by Crippen LogP contribution is -2.40. The molecule has 3 N–H and O–H groups in total. The molecule has 0 fully saturated rings. The van der Waals surface area contributed by atoms with Crippen LogP contribution in [-0.4, -0.2) is 18.5 Å². The highest BCUT2D eigenvalue weighted by Crippen LogP contribution is 1.83. The summed E-state index contributed by atoms with van der Waals surface area (Å²) in [7, 11) is 0. The lowest BCUT2D eigenvalue weighted by atomic mass is 10.2. The molecule has 0 unspecified atom stereocenters. The minimum absolute atomic E-state index is 0.0343. The molecule has 0 radical (unpaired) electrons. The topological polar surface area (TPSA) is 78.9 Å². The van der Waals surface area contributed by atoms with Crippen molar-refractivity contribution >= 4 is 5.91 Å². The Kier molecular flexibility index (Phi) is 4.25. The van der Waals surface area contributed by atoms with E-state index in [2.05, 4.69) is 5.32 Å². The minimum atomic E-state index is -0.478. The Morgan fingerprint density at radius 1 is 1.90 bits per heavy atom. The fourth-order valence-corrected chi connectivity index (χ4v) is 0.443. The summed E-state index contributed by atoms with van der Waals surface area (Å²) < 4.78 is 0. The fraction of sp³-hybridized carbons (Fsp3) is 0.667. The molecule has 10 heavy (non-hydrogen) atoms. The first-order chi connectivity index (χ1) is 4.72. The van der Waals surface area contributed by atoms with Crippen LogP contribution in [0.15, 0.2) is 0 Å². The number of amides is 1. The lowest BCUT2D eigenvalue weighted by Gasteiger charge is -2.05. The molecule has 4 nitrogen and oxygen atoms in total. The largest absolute Gasteiger partial charge is 0.342 e. The molecule has 0 aliphatic rings. The molecule has 0 rings (SSSR count). The van der Waals surface area contributed by atoms with Crippen molar-refractivity contribution in [1.82, 2.24) is 5.32 Å². The van der Waals surface area contributed by atoms with Crippen molar-refractivity contribution in [3.63, 3.8) is 0 Å². The molecule has 0 saturated carbocycles. The van der Waals surface area contributed by atoms with Crippen LogP contribution in [0.5, 0.6) is 0 Å². The van der Waals surface area contributed by atoms with Gasteiger partial charge in [-0.2, -0.15) is 5.26 Å². The Balaban J connectivity index is 3.54.